The number of cyclic esters (lactones) is 2. The fraction of sp³-hybridized carbons (Fsp3) is 0.500. The number of hydrogen-bond acceptors (Lipinski definition) is 8. The molecule has 2 heterocycles. The zero-order valence-corrected chi connectivity index (χ0v) is 15.9. The van der Waals surface area contributed by atoms with Gasteiger partial charge in [0.2, 0.25) is 0 Å². The van der Waals surface area contributed by atoms with Crippen molar-refractivity contribution in [2.75, 3.05) is 30.3 Å². The molecule has 0 aromatic heterocycles. The summed E-state index contributed by atoms with van der Waals surface area (Å²) in [5.74, 6) is 0.358. The van der Waals surface area contributed by atoms with Crippen molar-refractivity contribution in [3.63, 3.8) is 0 Å². The van der Waals surface area contributed by atoms with Crippen LogP contribution in [0.1, 0.15) is 20.8 Å². The number of rotatable bonds is 5. The molecule has 2 amide bonds. The molecule has 10 nitrogen and oxygen atoms in total. The quantitative estimate of drug-likeness (QED) is 0.648. The second kappa shape index (κ2) is 7.83. The van der Waals surface area contributed by atoms with Crippen molar-refractivity contribution in [1.82, 2.24) is 5.32 Å². The Kier molecular flexibility index (Phi) is 5.48. The third kappa shape index (κ3) is 5.18. The highest BCUT2D eigenvalue weighted by molar-refractivity contribution is 5.96. The van der Waals surface area contributed by atoms with Crippen LogP contribution in [0.5, 0.6) is 5.75 Å². The molecule has 0 spiro atoms. The monoisotopic (exact) mass is 393 g/mol. The van der Waals surface area contributed by atoms with Crippen molar-refractivity contribution in [2.45, 2.75) is 38.6 Å². The number of ether oxygens (including phenoxy) is 4. The van der Waals surface area contributed by atoms with Gasteiger partial charge in [0.15, 0.2) is 18.8 Å². The van der Waals surface area contributed by atoms with Crippen LogP contribution in [0.15, 0.2) is 18.2 Å². The lowest BCUT2D eigenvalue weighted by Gasteiger charge is -2.22. The van der Waals surface area contributed by atoms with Crippen LogP contribution in [0.25, 0.3) is 0 Å². The highest BCUT2D eigenvalue weighted by Crippen LogP contribution is 2.30. The van der Waals surface area contributed by atoms with Gasteiger partial charge in [-0.3, -0.25) is 4.79 Å². The molecule has 0 bridgehead atoms. The third-order valence-corrected chi connectivity index (χ3v) is 3.88. The van der Waals surface area contributed by atoms with E-state index in [9.17, 15) is 14.4 Å². The van der Waals surface area contributed by atoms with Crippen LogP contribution in [0.2, 0.25) is 0 Å². The van der Waals surface area contributed by atoms with Crippen LogP contribution in [0, 0.1) is 0 Å². The van der Waals surface area contributed by atoms with E-state index < -0.39 is 30.1 Å². The molecule has 2 aliphatic rings. The fourth-order valence-corrected chi connectivity index (χ4v) is 2.68. The summed E-state index contributed by atoms with van der Waals surface area (Å²) in [4.78, 5) is 34.7. The first-order valence-electron chi connectivity index (χ1n) is 8.84. The van der Waals surface area contributed by atoms with Crippen LogP contribution in [-0.2, 0) is 19.0 Å². The van der Waals surface area contributed by atoms with Crippen LogP contribution >= 0.6 is 0 Å². The Hall–Kier alpha value is -3.17. The molecule has 1 aromatic rings. The number of fused-ring (bicyclic) bond motifs is 1. The summed E-state index contributed by atoms with van der Waals surface area (Å²) in [7, 11) is 0. The lowest BCUT2D eigenvalue weighted by atomic mass is 10.2. The van der Waals surface area contributed by atoms with E-state index in [0.29, 0.717) is 17.1 Å². The minimum absolute atomic E-state index is 0.0124. The lowest BCUT2D eigenvalue weighted by molar-refractivity contribution is -0.118. The van der Waals surface area contributed by atoms with Gasteiger partial charge in [-0.05, 0) is 39.0 Å². The molecule has 1 saturated heterocycles. The van der Waals surface area contributed by atoms with Gasteiger partial charge in [-0.1, -0.05) is 0 Å². The zero-order valence-electron chi connectivity index (χ0n) is 15.9. The first kappa shape index (κ1) is 19.6. The number of hydrogen-bond donors (Lipinski definition) is 3. The molecular formula is C18H23N3O7. The minimum Gasteiger partial charge on any atom is -0.482 e. The SMILES string of the molecule is CC(C)(C)OC(=O)NC[C@H]1OC(=O)O[C@@H]1CNc1ccc2c(c1)NC(=O)CO2. The molecule has 0 saturated carbocycles. The van der Waals surface area contributed by atoms with E-state index >= 15 is 0 Å². The maximum atomic E-state index is 11.8. The van der Waals surface area contributed by atoms with E-state index in [4.69, 9.17) is 18.9 Å². The topological polar surface area (TPSA) is 124 Å². The zero-order chi connectivity index (χ0) is 20.3. The Balaban J connectivity index is 1.54. The van der Waals surface area contributed by atoms with Crippen molar-refractivity contribution in [3.8, 4) is 5.75 Å². The summed E-state index contributed by atoms with van der Waals surface area (Å²) in [5.41, 5.74) is 0.634. The molecular weight excluding hydrogens is 370 g/mol. The fourth-order valence-electron chi connectivity index (χ4n) is 2.68. The molecule has 0 aliphatic carbocycles. The first-order chi connectivity index (χ1) is 13.2. The Bertz CT molecular complexity index is 775. The predicted molar refractivity (Wildman–Crippen MR) is 98.4 cm³/mol. The average molecular weight is 393 g/mol. The van der Waals surface area contributed by atoms with E-state index in [-0.39, 0.29) is 25.6 Å². The van der Waals surface area contributed by atoms with Crippen molar-refractivity contribution in [1.29, 1.82) is 0 Å². The molecule has 28 heavy (non-hydrogen) atoms. The Morgan fingerprint density at radius 3 is 2.64 bits per heavy atom. The van der Waals surface area contributed by atoms with Gasteiger partial charge in [-0.2, -0.15) is 0 Å². The number of carbonyl (C=O) groups is 3. The molecule has 2 atom stereocenters. The van der Waals surface area contributed by atoms with Gasteiger partial charge < -0.3 is 34.9 Å². The normalized spacial score (nSPS) is 20.8. The van der Waals surface area contributed by atoms with Crippen LogP contribution in [-0.4, -0.2) is 55.7 Å². The number of amides is 2. The maximum Gasteiger partial charge on any atom is 0.509 e. The summed E-state index contributed by atoms with van der Waals surface area (Å²) in [6, 6.07) is 5.23. The van der Waals surface area contributed by atoms with Crippen molar-refractivity contribution < 1.29 is 33.3 Å². The summed E-state index contributed by atoms with van der Waals surface area (Å²) < 4.78 is 20.7. The second-order valence-electron chi connectivity index (χ2n) is 7.37. The van der Waals surface area contributed by atoms with Gasteiger partial charge in [0.1, 0.15) is 11.4 Å². The van der Waals surface area contributed by atoms with E-state index in [1.165, 1.54) is 0 Å². The first-order valence-corrected chi connectivity index (χ1v) is 8.84. The molecule has 3 N–H and O–H groups in total. The van der Waals surface area contributed by atoms with E-state index in [0.717, 1.165) is 0 Å². The third-order valence-electron chi connectivity index (χ3n) is 3.88. The minimum atomic E-state index is -0.797. The standard InChI is InChI=1S/C18H23N3O7/c1-18(2,3)28-16(23)20-8-14-13(26-17(24)27-14)7-19-10-4-5-12-11(6-10)21-15(22)9-25-12/h4-6,13-14,19H,7-9H2,1-3H3,(H,20,23)(H,21,22)/t13-,14-/m1/s1. The van der Waals surface area contributed by atoms with E-state index in [1.54, 1.807) is 39.0 Å². The molecule has 152 valence electrons. The van der Waals surface area contributed by atoms with E-state index in [2.05, 4.69) is 16.0 Å². The summed E-state index contributed by atoms with van der Waals surface area (Å²) in [6.45, 7) is 5.56. The molecule has 1 aromatic carbocycles. The largest absolute Gasteiger partial charge is 0.509 e. The lowest BCUT2D eigenvalue weighted by Crippen LogP contribution is -2.42. The van der Waals surface area contributed by atoms with Gasteiger partial charge in [-0.25, -0.2) is 9.59 Å². The smallest absolute Gasteiger partial charge is 0.482 e. The second-order valence-corrected chi connectivity index (χ2v) is 7.37. The van der Waals surface area contributed by atoms with Gasteiger partial charge in [0.25, 0.3) is 5.91 Å². The molecule has 10 heteroatoms. The van der Waals surface area contributed by atoms with Crippen molar-refractivity contribution in [3.05, 3.63) is 18.2 Å². The predicted octanol–water partition coefficient (Wildman–Crippen LogP) is 1.86. The van der Waals surface area contributed by atoms with Crippen molar-refractivity contribution >= 4 is 29.5 Å². The molecule has 2 aliphatic heterocycles. The van der Waals surface area contributed by atoms with Gasteiger partial charge >= 0.3 is 12.2 Å². The van der Waals surface area contributed by atoms with Gasteiger partial charge in [-0.15, -0.1) is 0 Å². The Morgan fingerprint density at radius 1 is 1.21 bits per heavy atom. The number of alkyl carbamates (subject to hydrolysis) is 1. The van der Waals surface area contributed by atoms with Crippen molar-refractivity contribution in [2.24, 2.45) is 0 Å². The van der Waals surface area contributed by atoms with Crippen LogP contribution < -0.4 is 20.7 Å². The maximum absolute atomic E-state index is 11.8. The molecule has 1 fully saturated rings. The summed E-state index contributed by atoms with van der Waals surface area (Å²) in [6.07, 6.45) is -2.67. The van der Waals surface area contributed by atoms with Gasteiger partial charge in [0, 0.05) is 5.69 Å². The average Bonchev–Trinajstić information content (AvgIpc) is 2.96. The number of benzene rings is 1. The number of carbonyl (C=O) groups excluding carboxylic acids is 3. The molecule has 3 rings (SSSR count). The Morgan fingerprint density at radius 2 is 1.93 bits per heavy atom. The van der Waals surface area contributed by atoms with Crippen LogP contribution in [0.3, 0.4) is 0 Å². The molecule has 0 unspecified atom stereocenters. The number of nitrogens with one attached hydrogen (secondary N) is 3. The Labute approximate surface area is 161 Å². The number of anilines is 2. The van der Waals surface area contributed by atoms with E-state index in [1.807, 2.05) is 0 Å². The summed E-state index contributed by atoms with van der Waals surface area (Å²) in [5, 5.41) is 8.41. The molecule has 0 radical (unpaired) electrons. The van der Waals surface area contributed by atoms with Crippen LogP contribution in [0.4, 0.5) is 21.0 Å². The van der Waals surface area contributed by atoms with Gasteiger partial charge in [0.05, 0.1) is 18.8 Å². The summed E-state index contributed by atoms with van der Waals surface area (Å²) >= 11 is 0. The highest BCUT2D eigenvalue weighted by atomic mass is 16.8. The highest BCUT2D eigenvalue weighted by Gasteiger charge is 2.37.